The van der Waals surface area contributed by atoms with Crippen LogP contribution in [0.4, 0.5) is 0 Å². The second-order valence-corrected chi connectivity index (χ2v) is 5.65. The molecule has 0 radical (unpaired) electrons. The third kappa shape index (κ3) is 4.75. The Balaban J connectivity index is 2.98. The lowest BCUT2D eigenvalue weighted by Crippen LogP contribution is -2.39. The Bertz CT molecular complexity index is 504. The molecule has 1 unspecified atom stereocenters. The summed E-state index contributed by atoms with van der Waals surface area (Å²) in [5.74, 6) is -3.00. The number of hydrogen-bond donors (Lipinski definition) is 2. The minimum atomic E-state index is -1.46. The highest BCUT2D eigenvalue weighted by Crippen LogP contribution is 2.25. The van der Waals surface area contributed by atoms with Gasteiger partial charge in [0.15, 0.2) is 5.92 Å². The fourth-order valence-corrected chi connectivity index (χ4v) is 1.78. The standard InChI is InChI=1S/C15H21NO5/c1-15(2,3)21-14(19)11(13(17)18)12(16)9-5-7-10(20-4)8-6-9/h5-8,11-12H,16H2,1-4H3,(H,17,18)/t11-,12?/m1/s1. The summed E-state index contributed by atoms with van der Waals surface area (Å²) in [5.41, 5.74) is 5.68. The van der Waals surface area contributed by atoms with E-state index in [1.807, 2.05) is 0 Å². The molecule has 0 aliphatic carbocycles. The molecule has 21 heavy (non-hydrogen) atoms. The third-order valence-electron chi connectivity index (χ3n) is 2.79. The van der Waals surface area contributed by atoms with Gasteiger partial charge in [0.1, 0.15) is 11.4 Å². The molecule has 0 amide bonds. The summed E-state index contributed by atoms with van der Waals surface area (Å²) < 4.78 is 10.1. The Labute approximate surface area is 123 Å². The van der Waals surface area contributed by atoms with Gasteiger partial charge in [-0.1, -0.05) is 12.1 Å². The van der Waals surface area contributed by atoms with Crippen molar-refractivity contribution in [1.29, 1.82) is 0 Å². The van der Waals surface area contributed by atoms with Gasteiger partial charge in [0.05, 0.1) is 13.2 Å². The Hall–Kier alpha value is -2.08. The van der Waals surface area contributed by atoms with Crippen LogP contribution in [-0.2, 0) is 14.3 Å². The predicted octanol–water partition coefficient (Wildman–Crippen LogP) is 1.74. The Kier molecular flexibility index (Phi) is 5.32. The topological polar surface area (TPSA) is 98.9 Å². The van der Waals surface area contributed by atoms with Gasteiger partial charge >= 0.3 is 11.9 Å². The van der Waals surface area contributed by atoms with Crippen LogP contribution in [0.3, 0.4) is 0 Å². The van der Waals surface area contributed by atoms with Crippen LogP contribution in [0.2, 0.25) is 0 Å². The van der Waals surface area contributed by atoms with Crippen LogP contribution >= 0.6 is 0 Å². The SMILES string of the molecule is COc1ccc(C(N)[C@H](C(=O)O)C(=O)OC(C)(C)C)cc1. The van der Waals surface area contributed by atoms with Gasteiger partial charge in [-0.25, -0.2) is 0 Å². The van der Waals surface area contributed by atoms with Crippen molar-refractivity contribution in [2.75, 3.05) is 7.11 Å². The number of carbonyl (C=O) groups is 2. The molecule has 0 spiro atoms. The highest BCUT2D eigenvalue weighted by atomic mass is 16.6. The lowest BCUT2D eigenvalue weighted by Gasteiger charge is -2.25. The maximum Gasteiger partial charge on any atom is 0.322 e. The van der Waals surface area contributed by atoms with Crippen molar-refractivity contribution in [2.24, 2.45) is 11.7 Å². The number of aliphatic carboxylic acids is 1. The quantitative estimate of drug-likeness (QED) is 0.634. The smallest absolute Gasteiger partial charge is 0.322 e. The Morgan fingerprint density at radius 2 is 1.71 bits per heavy atom. The van der Waals surface area contributed by atoms with E-state index < -0.39 is 29.5 Å². The maximum atomic E-state index is 12.0. The van der Waals surface area contributed by atoms with Crippen molar-refractivity contribution in [3.05, 3.63) is 29.8 Å². The van der Waals surface area contributed by atoms with Crippen molar-refractivity contribution < 1.29 is 24.2 Å². The van der Waals surface area contributed by atoms with E-state index in [0.29, 0.717) is 11.3 Å². The van der Waals surface area contributed by atoms with Crippen molar-refractivity contribution in [3.8, 4) is 5.75 Å². The van der Waals surface area contributed by atoms with Gasteiger partial charge in [-0.15, -0.1) is 0 Å². The maximum absolute atomic E-state index is 12.0. The van der Waals surface area contributed by atoms with E-state index in [-0.39, 0.29) is 0 Å². The molecular weight excluding hydrogens is 274 g/mol. The van der Waals surface area contributed by atoms with Gasteiger partial charge in [-0.3, -0.25) is 9.59 Å². The molecule has 1 aromatic rings. The van der Waals surface area contributed by atoms with Gasteiger partial charge in [0.2, 0.25) is 0 Å². The second kappa shape index (κ2) is 6.58. The fraction of sp³-hybridized carbons (Fsp3) is 0.467. The van der Waals surface area contributed by atoms with Crippen molar-refractivity contribution in [2.45, 2.75) is 32.4 Å². The van der Waals surface area contributed by atoms with Gasteiger partial charge in [0.25, 0.3) is 0 Å². The summed E-state index contributed by atoms with van der Waals surface area (Å²) in [5, 5.41) is 9.27. The van der Waals surface area contributed by atoms with Gasteiger partial charge < -0.3 is 20.3 Å². The van der Waals surface area contributed by atoms with Crippen LogP contribution in [0.5, 0.6) is 5.75 Å². The molecule has 1 aromatic carbocycles. The number of nitrogens with two attached hydrogens (primary N) is 1. The number of carboxylic acids is 1. The normalized spacial score (nSPS) is 14.1. The van der Waals surface area contributed by atoms with Crippen LogP contribution in [0.1, 0.15) is 32.4 Å². The average Bonchev–Trinajstić information content (AvgIpc) is 2.36. The molecule has 0 fully saturated rings. The number of hydrogen-bond acceptors (Lipinski definition) is 5. The summed E-state index contributed by atoms with van der Waals surface area (Å²) in [6.45, 7) is 5.01. The molecule has 0 saturated carbocycles. The van der Waals surface area contributed by atoms with E-state index in [4.69, 9.17) is 15.2 Å². The minimum absolute atomic E-state index is 0.522. The number of benzene rings is 1. The van der Waals surface area contributed by atoms with E-state index in [1.165, 1.54) is 7.11 Å². The molecular formula is C15H21NO5. The second-order valence-electron chi connectivity index (χ2n) is 5.65. The van der Waals surface area contributed by atoms with Crippen molar-refractivity contribution in [1.82, 2.24) is 0 Å². The lowest BCUT2D eigenvalue weighted by atomic mass is 9.93. The first kappa shape index (κ1) is 17.0. The monoisotopic (exact) mass is 295 g/mol. The molecule has 6 heteroatoms. The van der Waals surface area contributed by atoms with E-state index in [9.17, 15) is 14.7 Å². The minimum Gasteiger partial charge on any atom is -0.497 e. The van der Waals surface area contributed by atoms with E-state index in [0.717, 1.165) is 0 Å². The number of methoxy groups -OCH3 is 1. The van der Waals surface area contributed by atoms with Crippen LogP contribution in [-0.4, -0.2) is 29.8 Å². The summed E-state index contributed by atoms with van der Waals surface area (Å²) >= 11 is 0. The van der Waals surface area contributed by atoms with E-state index >= 15 is 0 Å². The zero-order valence-corrected chi connectivity index (χ0v) is 12.6. The zero-order chi connectivity index (χ0) is 16.2. The van der Waals surface area contributed by atoms with Gasteiger partial charge in [-0.05, 0) is 38.5 Å². The molecule has 0 bridgehead atoms. The number of carboxylic acid groups (broad SMARTS) is 1. The van der Waals surface area contributed by atoms with Crippen LogP contribution in [0.15, 0.2) is 24.3 Å². The molecule has 0 aliphatic rings. The highest BCUT2D eigenvalue weighted by molar-refractivity contribution is 5.95. The van der Waals surface area contributed by atoms with Gasteiger partial charge in [0, 0.05) is 0 Å². The molecule has 3 N–H and O–H groups in total. The zero-order valence-electron chi connectivity index (χ0n) is 12.6. The average molecular weight is 295 g/mol. The Morgan fingerprint density at radius 3 is 2.10 bits per heavy atom. The fourth-order valence-electron chi connectivity index (χ4n) is 1.78. The third-order valence-corrected chi connectivity index (χ3v) is 2.79. The summed E-state index contributed by atoms with van der Waals surface area (Å²) in [7, 11) is 1.52. The summed E-state index contributed by atoms with van der Waals surface area (Å²) in [6.07, 6.45) is 0. The van der Waals surface area contributed by atoms with Crippen LogP contribution < -0.4 is 10.5 Å². The summed E-state index contributed by atoms with van der Waals surface area (Å²) in [6, 6.07) is 5.57. The molecule has 0 heterocycles. The number of esters is 1. The van der Waals surface area contributed by atoms with Crippen LogP contribution in [0.25, 0.3) is 0 Å². The summed E-state index contributed by atoms with van der Waals surface area (Å²) in [4.78, 5) is 23.4. The highest BCUT2D eigenvalue weighted by Gasteiger charge is 2.37. The predicted molar refractivity (Wildman–Crippen MR) is 76.9 cm³/mol. The number of ether oxygens (including phenoxy) is 2. The molecule has 2 atom stereocenters. The van der Waals surface area contributed by atoms with Crippen LogP contribution in [0, 0.1) is 5.92 Å². The first-order valence-corrected chi connectivity index (χ1v) is 6.51. The molecule has 0 saturated heterocycles. The molecule has 1 rings (SSSR count). The molecule has 6 nitrogen and oxygen atoms in total. The molecule has 0 aliphatic heterocycles. The van der Waals surface area contributed by atoms with E-state index in [2.05, 4.69) is 0 Å². The Morgan fingerprint density at radius 1 is 1.19 bits per heavy atom. The number of rotatable bonds is 5. The first-order chi connectivity index (χ1) is 9.65. The van der Waals surface area contributed by atoms with Crippen molar-refractivity contribution >= 4 is 11.9 Å². The number of carbonyl (C=O) groups excluding carboxylic acids is 1. The van der Waals surface area contributed by atoms with Crippen molar-refractivity contribution in [3.63, 3.8) is 0 Å². The van der Waals surface area contributed by atoms with E-state index in [1.54, 1.807) is 45.0 Å². The lowest BCUT2D eigenvalue weighted by molar-refractivity contribution is -0.167. The van der Waals surface area contributed by atoms with Gasteiger partial charge in [-0.2, -0.15) is 0 Å². The molecule has 116 valence electrons. The first-order valence-electron chi connectivity index (χ1n) is 6.51. The largest absolute Gasteiger partial charge is 0.497 e. The molecule has 0 aromatic heterocycles.